The van der Waals surface area contributed by atoms with E-state index in [4.69, 9.17) is 5.11 Å². The van der Waals surface area contributed by atoms with Gasteiger partial charge in [-0.15, -0.1) is 0 Å². The Morgan fingerprint density at radius 2 is 2.16 bits per heavy atom. The highest BCUT2D eigenvalue weighted by Crippen LogP contribution is 2.41. The normalized spacial score (nSPS) is 12.4. The maximum atomic E-state index is 12.5. The van der Waals surface area contributed by atoms with Gasteiger partial charge in [-0.3, -0.25) is 0 Å². The van der Waals surface area contributed by atoms with Crippen LogP contribution < -0.4 is 0 Å². The highest BCUT2D eigenvalue weighted by Gasteiger charge is 2.31. The molecule has 2 N–H and O–H groups in total. The zero-order chi connectivity index (χ0) is 14.0. The van der Waals surface area contributed by atoms with E-state index in [1.54, 1.807) is 6.07 Å². The SMILES string of the molecule is O=C(O)/C=C/c1ccc2[nH]cnc2c1SC(F)(F)F. The van der Waals surface area contributed by atoms with Crippen molar-refractivity contribution in [3.8, 4) is 0 Å². The summed E-state index contributed by atoms with van der Waals surface area (Å²) < 4.78 is 37.6. The first-order valence-corrected chi connectivity index (χ1v) is 5.81. The Morgan fingerprint density at radius 3 is 2.79 bits per heavy atom. The van der Waals surface area contributed by atoms with Crippen LogP contribution in [0.5, 0.6) is 0 Å². The molecule has 0 saturated heterocycles. The summed E-state index contributed by atoms with van der Waals surface area (Å²) in [6.45, 7) is 0. The van der Waals surface area contributed by atoms with Gasteiger partial charge in [-0.25, -0.2) is 9.78 Å². The number of aromatic nitrogens is 2. The summed E-state index contributed by atoms with van der Waals surface area (Å²) in [4.78, 5) is 16.9. The van der Waals surface area contributed by atoms with Gasteiger partial charge in [-0.1, -0.05) is 6.07 Å². The minimum atomic E-state index is -4.47. The molecule has 0 aliphatic carbocycles. The van der Waals surface area contributed by atoms with Crippen molar-refractivity contribution in [1.82, 2.24) is 9.97 Å². The Kier molecular flexibility index (Phi) is 3.52. The van der Waals surface area contributed by atoms with Crippen LogP contribution in [0.2, 0.25) is 0 Å². The van der Waals surface area contributed by atoms with Crippen LogP contribution in [-0.4, -0.2) is 26.6 Å². The molecule has 4 nitrogen and oxygen atoms in total. The lowest BCUT2D eigenvalue weighted by atomic mass is 10.2. The third kappa shape index (κ3) is 3.28. The van der Waals surface area contributed by atoms with Crippen LogP contribution in [0.3, 0.4) is 0 Å². The summed E-state index contributed by atoms with van der Waals surface area (Å²) in [5.41, 5.74) is -3.70. The summed E-state index contributed by atoms with van der Waals surface area (Å²) in [5, 5.41) is 8.53. The highest BCUT2D eigenvalue weighted by atomic mass is 32.2. The van der Waals surface area contributed by atoms with Gasteiger partial charge >= 0.3 is 11.5 Å². The second-order valence-electron chi connectivity index (χ2n) is 3.50. The number of nitrogens with one attached hydrogen (secondary N) is 1. The van der Waals surface area contributed by atoms with E-state index in [9.17, 15) is 18.0 Å². The van der Waals surface area contributed by atoms with Gasteiger partial charge in [0.1, 0.15) is 5.52 Å². The largest absolute Gasteiger partial charge is 0.478 e. The molecule has 0 spiro atoms. The van der Waals surface area contributed by atoms with E-state index in [0.29, 0.717) is 5.52 Å². The van der Waals surface area contributed by atoms with Crippen LogP contribution in [0.1, 0.15) is 5.56 Å². The molecule has 1 aromatic carbocycles. The van der Waals surface area contributed by atoms with Crippen LogP contribution >= 0.6 is 11.8 Å². The van der Waals surface area contributed by atoms with Crippen LogP contribution in [0, 0.1) is 0 Å². The Balaban J connectivity index is 2.55. The third-order valence-corrected chi connectivity index (χ3v) is 3.06. The van der Waals surface area contributed by atoms with Crippen molar-refractivity contribution in [2.75, 3.05) is 0 Å². The maximum absolute atomic E-state index is 12.5. The fourth-order valence-corrected chi connectivity index (χ4v) is 2.26. The molecule has 1 heterocycles. The van der Waals surface area contributed by atoms with Gasteiger partial charge in [-0.2, -0.15) is 13.2 Å². The van der Waals surface area contributed by atoms with Crippen LogP contribution in [-0.2, 0) is 4.79 Å². The molecule has 0 amide bonds. The van der Waals surface area contributed by atoms with Crippen molar-refractivity contribution in [2.45, 2.75) is 10.4 Å². The van der Waals surface area contributed by atoms with Crippen LogP contribution in [0.4, 0.5) is 13.2 Å². The number of aliphatic carboxylic acids is 1. The van der Waals surface area contributed by atoms with Crippen LogP contribution in [0.25, 0.3) is 17.1 Å². The van der Waals surface area contributed by atoms with Crippen molar-refractivity contribution in [3.05, 3.63) is 30.1 Å². The fraction of sp³-hybridized carbons (Fsp3) is 0.0909. The van der Waals surface area contributed by atoms with Gasteiger partial charge in [0.05, 0.1) is 16.7 Å². The predicted octanol–water partition coefficient (Wildman–Crippen LogP) is 3.27. The molecule has 100 valence electrons. The Labute approximate surface area is 109 Å². The molecule has 0 atom stereocenters. The quantitative estimate of drug-likeness (QED) is 0.672. The number of aromatic amines is 1. The number of fused-ring (bicyclic) bond motifs is 1. The van der Waals surface area contributed by atoms with E-state index in [0.717, 1.165) is 12.2 Å². The summed E-state index contributed by atoms with van der Waals surface area (Å²) in [6, 6.07) is 2.96. The smallest absolute Gasteiger partial charge is 0.446 e. The molecule has 19 heavy (non-hydrogen) atoms. The summed E-state index contributed by atoms with van der Waals surface area (Å²) in [6.07, 6.45) is 3.19. The predicted molar refractivity (Wildman–Crippen MR) is 64.7 cm³/mol. The van der Waals surface area contributed by atoms with E-state index < -0.39 is 11.5 Å². The van der Waals surface area contributed by atoms with Gasteiger partial charge < -0.3 is 10.1 Å². The average molecular weight is 288 g/mol. The van der Waals surface area contributed by atoms with Gasteiger partial charge in [-0.05, 0) is 29.5 Å². The van der Waals surface area contributed by atoms with E-state index in [2.05, 4.69) is 9.97 Å². The second kappa shape index (κ2) is 4.96. The van der Waals surface area contributed by atoms with E-state index in [1.807, 2.05) is 0 Å². The Hall–Kier alpha value is -1.96. The number of hydrogen-bond donors (Lipinski definition) is 2. The minimum Gasteiger partial charge on any atom is -0.478 e. The average Bonchev–Trinajstić information content (AvgIpc) is 2.74. The molecule has 2 aromatic rings. The number of thioether (sulfide) groups is 1. The molecule has 0 aliphatic heterocycles. The summed E-state index contributed by atoms with van der Waals surface area (Å²) >= 11 is -0.314. The molecule has 0 saturated carbocycles. The molecule has 0 unspecified atom stereocenters. The van der Waals surface area contributed by atoms with Gasteiger partial charge in [0.25, 0.3) is 0 Å². The molecule has 8 heteroatoms. The minimum absolute atomic E-state index is 0.122. The lowest BCUT2D eigenvalue weighted by Crippen LogP contribution is -2.01. The number of carboxylic acid groups (broad SMARTS) is 1. The number of carboxylic acids is 1. The zero-order valence-corrected chi connectivity index (χ0v) is 10.0. The molecule has 0 aliphatic rings. The number of benzene rings is 1. The Bertz CT molecular complexity index is 649. The molecule has 0 bridgehead atoms. The number of H-pyrrole nitrogens is 1. The zero-order valence-electron chi connectivity index (χ0n) is 9.23. The van der Waals surface area contributed by atoms with Crippen molar-refractivity contribution >= 4 is 34.8 Å². The first-order chi connectivity index (χ1) is 8.87. The molecular weight excluding hydrogens is 281 g/mol. The maximum Gasteiger partial charge on any atom is 0.446 e. The first kappa shape index (κ1) is 13.5. The third-order valence-electron chi connectivity index (χ3n) is 2.20. The van der Waals surface area contributed by atoms with E-state index in [1.165, 1.54) is 12.4 Å². The standard InChI is InChI=1S/C11H7F3N2O2S/c12-11(13,14)19-10-6(2-4-8(17)18)1-3-7-9(10)16-5-15-7/h1-5H,(H,15,16)(H,17,18)/b4-2+. The highest BCUT2D eigenvalue weighted by molar-refractivity contribution is 8.00. The number of imidazole rings is 1. The molecule has 0 radical (unpaired) electrons. The lowest BCUT2D eigenvalue weighted by Gasteiger charge is -2.09. The molecular formula is C11H7F3N2O2S. The monoisotopic (exact) mass is 288 g/mol. The second-order valence-corrected chi connectivity index (χ2v) is 4.58. The van der Waals surface area contributed by atoms with Crippen molar-refractivity contribution in [2.24, 2.45) is 0 Å². The Morgan fingerprint density at radius 1 is 1.42 bits per heavy atom. The topological polar surface area (TPSA) is 66.0 Å². The van der Waals surface area contributed by atoms with Crippen molar-refractivity contribution < 1.29 is 23.1 Å². The van der Waals surface area contributed by atoms with Crippen LogP contribution in [0.15, 0.2) is 29.4 Å². The van der Waals surface area contributed by atoms with Gasteiger partial charge in [0, 0.05) is 6.08 Å². The number of carbonyl (C=O) groups is 1. The fourth-order valence-electron chi connectivity index (χ4n) is 1.51. The summed E-state index contributed by atoms with van der Waals surface area (Å²) in [5.74, 6) is -1.23. The lowest BCUT2D eigenvalue weighted by molar-refractivity contribution is -0.131. The number of halogens is 3. The summed E-state index contributed by atoms with van der Waals surface area (Å²) in [7, 11) is 0. The van der Waals surface area contributed by atoms with Gasteiger partial charge in [0.15, 0.2) is 0 Å². The number of alkyl halides is 3. The van der Waals surface area contributed by atoms with Gasteiger partial charge in [0.2, 0.25) is 0 Å². The van der Waals surface area contributed by atoms with E-state index >= 15 is 0 Å². The van der Waals surface area contributed by atoms with Crippen molar-refractivity contribution in [1.29, 1.82) is 0 Å². The number of hydrogen-bond acceptors (Lipinski definition) is 3. The van der Waals surface area contributed by atoms with Crippen molar-refractivity contribution in [3.63, 3.8) is 0 Å². The molecule has 2 rings (SSSR count). The first-order valence-electron chi connectivity index (χ1n) is 4.99. The van der Waals surface area contributed by atoms with E-state index in [-0.39, 0.29) is 27.7 Å². The number of rotatable bonds is 3. The molecule has 0 fully saturated rings. The molecule has 1 aromatic heterocycles. The number of nitrogens with zero attached hydrogens (tertiary/aromatic N) is 1.